The van der Waals surface area contributed by atoms with Crippen LogP contribution in [0.25, 0.3) is 0 Å². The first-order valence-corrected chi connectivity index (χ1v) is 5.06. The maximum atomic E-state index is 11.7. The maximum absolute atomic E-state index is 11.7. The molecule has 13 heavy (non-hydrogen) atoms. The molecular weight excluding hydrogens is 162 g/mol. The zero-order valence-corrected chi connectivity index (χ0v) is 8.84. The average molecular weight is 181 g/mol. The molecule has 0 spiro atoms. The van der Waals surface area contributed by atoms with Crippen molar-refractivity contribution in [2.45, 2.75) is 32.6 Å². The Morgan fingerprint density at radius 1 is 1.54 bits per heavy atom. The Labute approximate surface area is 80.6 Å². The first-order valence-electron chi connectivity index (χ1n) is 5.06. The fourth-order valence-corrected chi connectivity index (χ4v) is 1.91. The van der Waals surface area contributed by atoms with E-state index >= 15 is 0 Å². The fraction of sp³-hybridized carbons (Fsp3) is 0.727. The van der Waals surface area contributed by atoms with Gasteiger partial charge in [0, 0.05) is 31.8 Å². The fourth-order valence-electron chi connectivity index (χ4n) is 1.91. The first-order chi connectivity index (χ1) is 6.15. The minimum Gasteiger partial charge on any atom is -0.383 e. The lowest BCUT2D eigenvalue weighted by Crippen LogP contribution is -2.10. The van der Waals surface area contributed by atoms with Gasteiger partial charge in [-0.1, -0.05) is 13.3 Å². The van der Waals surface area contributed by atoms with E-state index in [0.717, 1.165) is 31.3 Å². The zero-order valence-electron chi connectivity index (χ0n) is 8.84. The van der Waals surface area contributed by atoms with Crippen LogP contribution in [0.2, 0.25) is 0 Å². The zero-order chi connectivity index (χ0) is 9.84. The minimum atomic E-state index is 0.316. The van der Waals surface area contributed by atoms with E-state index in [2.05, 4.69) is 6.92 Å². The number of allylic oxidation sites excluding steroid dienone is 1. The molecule has 0 aromatic rings. The largest absolute Gasteiger partial charge is 0.383 e. The van der Waals surface area contributed by atoms with Crippen LogP contribution in [0, 0.1) is 5.92 Å². The van der Waals surface area contributed by atoms with E-state index in [1.165, 1.54) is 0 Å². The number of carbonyl (C=O) groups excluding carboxylic acids is 1. The molecular formula is C11H19NO. The summed E-state index contributed by atoms with van der Waals surface area (Å²) in [6.07, 6.45) is 6.18. The number of ketones is 1. The molecule has 0 aromatic carbocycles. The van der Waals surface area contributed by atoms with Crippen molar-refractivity contribution in [1.82, 2.24) is 4.90 Å². The summed E-state index contributed by atoms with van der Waals surface area (Å²) in [5.74, 6) is 0.701. The number of nitrogens with zero attached hydrogens (tertiary/aromatic N) is 1. The number of hydrogen-bond acceptors (Lipinski definition) is 2. The Morgan fingerprint density at radius 3 is 2.77 bits per heavy atom. The number of rotatable bonds is 3. The van der Waals surface area contributed by atoms with Crippen molar-refractivity contribution in [3.8, 4) is 0 Å². The molecule has 1 aliphatic rings. The molecule has 0 aliphatic heterocycles. The Morgan fingerprint density at radius 2 is 2.23 bits per heavy atom. The van der Waals surface area contributed by atoms with Gasteiger partial charge >= 0.3 is 0 Å². The highest BCUT2D eigenvalue weighted by molar-refractivity contribution is 5.99. The molecule has 1 aliphatic carbocycles. The Kier molecular flexibility index (Phi) is 3.52. The van der Waals surface area contributed by atoms with E-state index in [1.54, 1.807) is 0 Å². The molecule has 1 unspecified atom stereocenters. The van der Waals surface area contributed by atoms with Crippen LogP contribution in [0.15, 0.2) is 11.8 Å². The lowest BCUT2D eigenvalue weighted by Gasteiger charge is -2.07. The van der Waals surface area contributed by atoms with Gasteiger partial charge in [-0.3, -0.25) is 4.79 Å². The normalized spacial score (nSPS) is 25.6. The molecule has 0 radical (unpaired) electrons. The number of hydrogen-bond donors (Lipinski definition) is 0. The van der Waals surface area contributed by atoms with Crippen molar-refractivity contribution in [2.24, 2.45) is 5.92 Å². The van der Waals surface area contributed by atoms with Crippen molar-refractivity contribution >= 4 is 5.78 Å². The minimum absolute atomic E-state index is 0.316. The van der Waals surface area contributed by atoms with Crippen molar-refractivity contribution in [2.75, 3.05) is 14.1 Å². The lowest BCUT2D eigenvalue weighted by molar-refractivity contribution is -0.118. The van der Waals surface area contributed by atoms with Crippen LogP contribution in [0.4, 0.5) is 0 Å². The summed E-state index contributed by atoms with van der Waals surface area (Å²) in [6, 6.07) is 0. The molecule has 2 nitrogen and oxygen atoms in total. The van der Waals surface area contributed by atoms with Gasteiger partial charge in [0.25, 0.3) is 0 Å². The summed E-state index contributed by atoms with van der Waals surface area (Å²) in [6.45, 7) is 2.14. The first kappa shape index (κ1) is 10.3. The number of carbonyl (C=O) groups is 1. The van der Waals surface area contributed by atoms with Crippen molar-refractivity contribution in [3.63, 3.8) is 0 Å². The third kappa shape index (κ3) is 2.58. The van der Waals surface area contributed by atoms with Crippen LogP contribution in [0.3, 0.4) is 0 Å². The molecule has 1 saturated carbocycles. The van der Waals surface area contributed by atoms with Gasteiger partial charge < -0.3 is 4.90 Å². The Hall–Kier alpha value is -0.790. The van der Waals surface area contributed by atoms with Gasteiger partial charge in [0.15, 0.2) is 5.78 Å². The van der Waals surface area contributed by atoms with E-state index in [-0.39, 0.29) is 0 Å². The second kappa shape index (κ2) is 4.45. The lowest BCUT2D eigenvalue weighted by atomic mass is 10.0. The van der Waals surface area contributed by atoms with Gasteiger partial charge in [0.2, 0.25) is 0 Å². The molecule has 1 fully saturated rings. The van der Waals surface area contributed by atoms with E-state index in [9.17, 15) is 4.79 Å². The van der Waals surface area contributed by atoms with E-state index in [0.29, 0.717) is 11.7 Å². The summed E-state index contributed by atoms with van der Waals surface area (Å²) in [4.78, 5) is 13.7. The smallest absolute Gasteiger partial charge is 0.163 e. The summed E-state index contributed by atoms with van der Waals surface area (Å²) in [7, 11) is 3.93. The molecule has 1 atom stereocenters. The van der Waals surface area contributed by atoms with Crippen LogP contribution in [0.5, 0.6) is 0 Å². The highest BCUT2D eigenvalue weighted by Crippen LogP contribution is 2.29. The van der Waals surface area contributed by atoms with E-state index in [1.807, 2.05) is 25.2 Å². The third-order valence-corrected chi connectivity index (χ3v) is 2.50. The standard InChI is InChI=1S/C11H19NO/c1-4-5-9-6-7-10(11(9)13)8-12(2)3/h8-9H,4-7H2,1-3H3. The van der Waals surface area contributed by atoms with Gasteiger partial charge in [-0.15, -0.1) is 0 Å². The van der Waals surface area contributed by atoms with Crippen LogP contribution in [0.1, 0.15) is 32.6 Å². The molecule has 0 bridgehead atoms. The van der Waals surface area contributed by atoms with Crippen LogP contribution < -0.4 is 0 Å². The van der Waals surface area contributed by atoms with E-state index < -0.39 is 0 Å². The molecule has 0 heterocycles. The summed E-state index contributed by atoms with van der Waals surface area (Å²) < 4.78 is 0. The summed E-state index contributed by atoms with van der Waals surface area (Å²) >= 11 is 0. The van der Waals surface area contributed by atoms with Gasteiger partial charge in [-0.05, 0) is 19.3 Å². The molecule has 0 aromatic heterocycles. The average Bonchev–Trinajstić information content (AvgIpc) is 2.36. The SMILES string of the molecule is CCCC1CCC(=CN(C)C)C1=O. The van der Waals surface area contributed by atoms with Crippen LogP contribution >= 0.6 is 0 Å². The quantitative estimate of drug-likeness (QED) is 0.622. The second-order valence-electron chi connectivity index (χ2n) is 4.01. The molecule has 2 heteroatoms. The molecule has 0 amide bonds. The highest BCUT2D eigenvalue weighted by atomic mass is 16.1. The summed E-state index contributed by atoms with van der Waals surface area (Å²) in [5.41, 5.74) is 1.02. The molecule has 0 saturated heterocycles. The van der Waals surface area contributed by atoms with Crippen molar-refractivity contribution in [1.29, 1.82) is 0 Å². The van der Waals surface area contributed by atoms with Crippen molar-refractivity contribution in [3.05, 3.63) is 11.8 Å². The highest BCUT2D eigenvalue weighted by Gasteiger charge is 2.28. The Bertz CT molecular complexity index is 218. The third-order valence-electron chi connectivity index (χ3n) is 2.50. The second-order valence-corrected chi connectivity index (χ2v) is 4.01. The summed E-state index contributed by atoms with van der Waals surface area (Å²) in [5, 5.41) is 0. The van der Waals surface area contributed by atoms with Crippen LogP contribution in [-0.4, -0.2) is 24.8 Å². The van der Waals surface area contributed by atoms with Gasteiger partial charge in [-0.2, -0.15) is 0 Å². The van der Waals surface area contributed by atoms with Crippen molar-refractivity contribution < 1.29 is 4.79 Å². The molecule has 0 N–H and O–H groups in total. The maximum Gasteiger partial charge on any atom is 0.163 e. The topological polar surface area (TPSA) is 20.3 Å². The van der Waals surface area contributed by atoms with Crippen LogP contribution in [-0.2, 0) is 4.79 Å². The predicted octanol–water partition coefficient (Wildman–Crippen LogP) is 2.21. The Balaban J connectivity index is 2.60. The van der Waals surface area contributed by atoms with Gasteiger partial charge in [-0.25, -0.2) is 0 Å². The predicted molar refractivity (Wildman–Crippen MR) is 54.4 cm³/mol. The molecule has 74 valence electrons. The number of Topliss-reactive ketones (excluding diaryl/α,β-unsaturated/α-hetero) is 1. The monoisotopic (exact) mass is 181 g/mol. The molecule has 1 rings (SSSR count). The van der Waals surface area contributed by atoms with Gasteiger partial charge in [0.05, 0.1) is 0 Å². The van der Waals surface area contributed by atoms with E-state index in [4.69, 9.17) is 0 Å². The van der Waals surface area contributed by atoms with Gasteiger partial charge in [0.1, 0.15) is 0 Å².